The highest BCUT2D eigenvalue weighted by Crippen LogP contribution is 2.31. The van der Waals surface area contributed by atoms with E-state index < -0.39 is 0 Å². The molecule has 0 spiro atoms. The van der Waals surface area contributed by atoms with Crippen LogP contribution in [-0.4, -0.2) is 47.8 Å². The fraction of sp³-hybridized carbons (Fsp3) is 1.00. The summed E-state index contributed by atoms with van der Waals surface area (Å²) in [5.41, 5.74) is -0.373. The lowest BCUT2D eigenvalue weighted by Gasteiger charge is -2.40. The van der Waals surface area contributed by atoms with Crippen molar-refractivity contribution in [2.45, 2.75) is 63.5 Å². The van der Waals surface area contributed by atoms with Gasteiger partial charge in [0.25, 0.3) is 0 Å². The Morgan fingerprint density at radius 2 is 2.00 bits per heavy atom. The molecule has 0 aromatic rings. The van der Waals surface area contributed by atoms with E-state index in [0.717, 1.165) is 32.5 Å². The molecule has 1 heterocycles. The second-order valence-corrected chi connectivity index (χ2v) is 5.86. The van der Waals surface area contributed by atoms with E-state index in [1.807, 2.05) is 0 Å². The molecule has 2 aliphatic rings. The smallest absolute Gasteiger partial charge is 0.0774 e. The zero-order valence-electron chi connectivity index (χ0n) is 11.2. The fourth-order valence-electron chi connectivity index (χ4n) is 3.38. The monoisotopic (exact) mass is 240 g/mol. The summed E-state index contributed by atoms with van der Waals surface area (Å²) in [7, 11) is 0. The largest absolute Gasteiger partial charge is 0.389 e. The van der Waals surface area contributed by atoms with Crippen LogP contribution in [0.5, 0.6) is 0 Å². The molecule has 0 aromatic carbocycles. The molecule has 2 N–H and O–H groups in total. The second kappa shape index (κ2) is 6.17. The maximum atomic E-state index is 10.5. The summed E-state index contributed by atoms with van der Waals surface area (Å²) in [6.45, 7) is 6.39. The lowest BCUT2D eigenvalue weighted by molar-refractivity contribution is -0.0118. The minimum Gasteiger partial charge on any atom is -0.389 e. The van der Waals surface area contributed by atoms with Gasteiger partial charge < -0.3 is 10.4 Å². The van der Waals surface area contributed by atoms with Crippen molar-refractivity contribution < 1.29 is 5.11 Å². The van der Waals surface area contributed by atoms with Crippen molar-refractivity contribution >= 4 is 0 Å². The third-order valence-corrected chi connectivity index (χ3v) is 4.41. The minimum absolute atomic E-state index is 0.373. The molecule has 1 atom stereocenters. The van der Waals surface area contributed by atoms with Crippen molar-refractivity contribution in [3.8, 4) is 0 Å². The highest BCUT2D eigenvalue weighted by atomic mass is 16.3. The van der Waals surface area contributed by atoms with Crippen molar-refractivity contribution in [2.75, 3.05) is 26.2 Å². The van der Waals surface area contributed by atoms with E-state index in [0.29, 0.717) is 6.04 Å². The molecule has 0 aromatic heterocycles. The Morgan fingerprint density at radius 3 is 2.71 bits per heavy atom. The lowest BCUT2D eigenvalue weighted by Crippen LogP contribution is -2.51. The number of nitrogens with one attached hydrogen (secondary N) is 1. The first-order valence-electron chi connectivity index (χ1n) is 7.41. The van der Waals surface area contributed by atoms with Gasteiger partial charge in [0, 0.05) is 19.1 Å². The Kier molecular flexibility index (Phi) is 4.83. The van der Waals surface area contributed by atoms with Gasteiger partial charge in [-0.1, -0.05) is 26.2 Å². The van der Waals surface area contributed by atoms with Crippen LogP contribution in [0.15, 0.2) is 0 Å². The highest BCUT2D eigenvalue weighted by Gasteiger charge is 2.35. The van der Waals surface area contributed by atoms with Gasteiger partial charge in [-0.05, 0) is 38.8 Å². The molecule has 2 rings (SSSR count). The fourth-order valence-corrected chi connectivity index (χ4v) is 3.38. The molecule has 0 bridgehead atoms. The number of rotatable bonds is 5. The van der Waals surface area contributed by atoms with Crippen LogP contribution >= 0.6 is 0 Å². The molecule has 1 saturated heterocycles. The van der Waals surface area contributed by atoms with Crippen molar-refractivity contribution in [1.82, 2.24) is 10.2 Å². The standard InChI is InChI=1S/C14H28N2O/c1-2-15-11-13-7-3-6-10-16(13)12-14(17)8-4-5-9-14/h13,15,17H,2-12H2,1H3. The Labute approximate surface area is 106 Å². The van der Waals surface area contributed by atoms with Gasteiger partial charge in [-0.2, -0.15) is 0 Å². The van der Waals surface area contributed by atoms with E-state index in [-0.39, 0.29) is 5.60 Å². The molecule has 0 radical (unpaired) electrons. The van der Waals surface area contributed by atoms with Crippen LogP contribution in [0.4, 0.5) is 0 Å². The third-order valence-electron chi connectivity index (χ3n) is 4.41. The average Bonchev–Trinajstić information content (AvgIpc) is 2.75. The van der Waals surface area contributed by atoms with E-state index in [2.05, 4.69) is 17.1 Å². The van der Waals surface area contributed by atoms with E-state index in [4.69, 9.17) is 0 Å². The number of hydrogen-bond donors (Lipinski definition) is 2. The maximum Gasteiger partial charge on any atom is 0.0774 e. The topological polar surface area (TPSA) is 35.5 Å². The number of piperidine rings is 1. The molecule has 1 aliphatic heterocycles. The van der Waals surface area contributed by atoms with Crippen LogP contribution in [0, 0.1) is 0 Å². The normalized spacial score (nSPS) is 29.6. The number of hydrogen-bond acceptors (Lipinski definition) is 3. The van der Waals surface area contributed by atoms with E-state index in [1.54, 1.807) is 0 Å². The third kappa shape index (κ3) is 3.67. The summed E-state index contributed by atoms with van der Waals surface area (Å²) in [6.07, 6.45) is 8.39. The van der Waals surface area contributed by atoms with Crippen molar-refractivity contribution in [2.24, 2.45) is 0 Å². The zero-order valence-corrected chi connectivity index (χ0v) is 11.2. The minimum atomic E-state index is -0.373. The average molecular weight is 240 g/mol. The predicted molar refractivity (Wildman–Crippen MR) is 71.2 cm³/mol. The van der Waals surface area contributed by atoms with Gasteiger partial charge in [0.15, 0.2) is 0 Å². The van der Waals surface area contributed by atoms with Crippen LogP contribution in [0.2, 0.25) is 0 Å². The Hall–Kier alpha value is -0.120. The van der Waals surface area contributed by atoms with Crippen LogP contribution in [-0.2, 0) is 0 Å². The van der Waals surface area contributed by atoms with Crippen molar-refractivity contribution in [1.29, 1.82) is 0 Å². The molecule has 2 fully saturated rings. The molecular weight excluding hydrogens is 212 g/mol. The highest BCUT2D eigenvalue weighted by molar-refractivity contribution is 4.90. The van der Waals surface area contributed by atoms with Crippen LogP contribution in [0.3, 0.4) is 0 Å². The SMILES string of the molecule is CCNCC1CCCCN1CC1(O)CCCC1. The summed E-state index contributed by atoms with van der Waals surface area (Å²) in [5, 5.41) is 14.0. The van der Waals surface area contributed by atoms with E-state index in [1.165, 1.54) is 38.6 Å². The summed E-state index contributed by atoms with van der Waals surface area (Å²) >= 11 is 0. The maximum absolute atomic E-state index is 10.5. The molecule has 3 heteroatoms. The molecule has 1 aliphatic carbocycles. The van der Waals surface area contributed by atoms with Gasteiger partial charge in [0.05, 0.1) is 5.60 Å². The van der Waals surface area contributed by atoms with Gasteiger partial charge in [0.2, 0.25) is 0 Å². The van der Waals surface area contributed by atoms with E-state index in [9.17, 15) is 5.11 Å². The van der Waals surface area contributed by atoms with Crippen molar-refractivity contribution in [3.63, 3.8) is 0 Å². The lowest BCUT2D eigenvalue weighted by atomic mass is 9.96. The number of likely N-dealkylation sites (N-methyl/N-ethyl adjacent to an activating group) is 1. The van der Waals surface area contributed by atoms with Gasteiger partial charge in [-0.3, -0.25) is 4.90 Å². The quantitative estimate of drug-likeness (QED) is 0.768. The summed E-state index contributed by atoms with van der Waals surface area (Å²) in [4.78, 5) is 2.54. The summed E-state index contributed by atoms with van der Waals surface area (Å²) in [6, 6.07) is 0.647. The molecule has 3 nitrogen and oxygen atoms in total. The molecule has 1 unspecified atom stereocenters. The molecule has 0 amide bonds. The number of aliphatic hydroxyl groups is 1. The zero-order chi connectivity index (χ0) is 12.1. The predicted octanol–water partition coefficient (Wildman–Crippen LogP) is 1.76. The Bertz CT molecular complexity index is 226. The first kappa shape index (κ1) is 13.3. The number of β-amino-alcohol motifs (C(OH)–C–C–N with tert-alkyl or cyclic N) is 1. The van der Waals surface area contributed by atoms with Gasteiger partial charge in [-0.15, -0.1) is 0 Å². The Morgan fingerprint density at radius 1 is 1.24 bits per heavy atom. The summed E-state index contributed by atoms with van der Waals surface area (Å²) in [5.74, 6) is 0. The Balaban J connectivity index is 1.86. The number of likely N-dealkylation sites (tertiary alicyclic amines) is 1. The first-order valence-corrected chi connectivity index (χ1v) is 7.41. The molecule has 1 saturated carbocycles. The molecular formula is C14H28N2O. The van der Waals surface area contributed by atoms with Crippen molar-refractivity contribution in [3.05, 3.63) is 0 Å². The van der Waals surface area contributed by atoms with Crippen LogP contribution in [0.25, 0.3) is 0 Å². The summed E-state index contributed by atoms with van der Waals surface area (Å²) < 4.78 is 0. The van der Waals surface area contributed by atoms with Gasteiger partial charge >= 0.3 is 0 Å². The molecule has 17 heavy (non-hydrogen) atoms. The van der Waals surface area contributed by atoms with Crippen LogP contribution in [0.1, 0.15) is 51.9 Å². The van der Waals surface area contributed by atoms with Gasteiger partial charge in [-0.25, -0.2) is 0 Å². The van der Waals surface area contributed by atoms with Crippen LogP contribution < -0.4 is 5.32 Å². The number of nitrogens with zero attached hydrogens (tertiary/aromatic N) is 1. The second-order valence-electron chi connectivity index (χ2n) is 5.86. The van der Waals surface area contributed by atoms with E-state index >= 15 is 0 Å². The van der Waals surface area contributed by atoms with Gasteiger partial charge in [0.1, 0.15) is 0 Å². The first-order chi connectivity index (χ1) is 8.23. The molecule has 100 valence electrons.